The second-order valence-electron chi connectivity index (χ2n) is 12.4. The number of carbonyl (C=O) groups excluding carboxylic acids is 3. The number of amides is 2. The number of Topliss-reactive ketones (excluding diaryl/α,β-unsaturated/α-hetero) is 1. The number of aromatic carboxylic acids is 1. The number of likely N-dealkylation sites (N-methyl/N-ethyl adjacent to an activating group) is 1. The van der Waals surface area contributed by atoms with Crippen molar-refractivity contribution < 1.29 is 28.7 Å². The Morgan fingerprint density at radius 1 is 0.961 bits per heavy atom. The summed E-state index contributed by atoms with van der Waals surface area (Å²) in [5.74, 6) is -2.83. The molecular weight excluding hydrogens is 675 g/mol. The third kappa shape index (κ3) is 7.57. The minimum Gasteiger partial charge on any atom is -0.478 e. The van der Waals surface area contributed by atoms with Crippen molar-refractivity contribution in [1.82, 2.24) is 30.1 Å². The van der Waals surface area contributed by atoms with Gasteiger partial charge in [0.1, 0.15) is 11.7 Å². The van der Waals surface area contributed by atoms with Crippen LogP contribution < -0.4 is 5.32 Å². The minimum absolute atomic E-state index is 0.0113. The maximum Gasteiger partial charge on any atom is 0.335 e. The lowest BCUT2D eigenvalue weighted by atomic mass is 9.83. The van der Waals surface area contributed by atoms with Gasteiger partial charge < -0.3 is 20.2 Å². The van der Waals surface area contributed by atoms with Crippen LogP contribution in [0.1, 0.15) is 53.9 Å². The lowest BCUT2D eigenvalue weighted by Crippen LogP contribution is -2.44. The quantitative estimate of drug-likeness (QED) is 0.190. The number of carboxylic acid groups (broad SMARTS) is 1. The van der Waals surface area contributed by atoms with Gasteiger partial charge in [-0.2, -0.15) is 0 Å². The SMILES string of the molecule is CN(C)CCNC(=O)c1ccc(-c2cccc3c2CCN(C(=O)c2cn(-c4cccc(Cl)c4F)nn2)C3C(=O)Cc2ccc(C(=O)O)cc2)cc1. The molecule has 5 aromatic rings. The lowest BCUT2D eigenvalue weighted by Gasteiger charge is -2.37. The van der Waals surface area contributed by atoms with Crippen molar-refractivity contribution in [3.63, 3.8) is 0 Å². The molecule has 0 fully saturated rings. The van der Waals surface area contributed by atoms with Crippen LogP contribution in [0.3, 0.4) is 0 Å². The number of benzene rings is 4. The van der Waals surface area contributed by atoms with Crippen molar-refractivity contribution in [2.75, 3.05) is 33.7 Å². The summed E-state index contributed by atoms with van der Waals surface area (Å²) in [5.41, 5.74) is 4.35. The van der Waals surface area contributed by atoms with Crippen LogP contribution in [0.15, 0.2) is 91.1 Å². The van der Waals surface area contributed by atoms with E-state index in [0.717, 1.165) is 21.4 Å². The van der Waals surface area contributed by atoms with Gasteiger partial charge in [0.2, 0.25) is 0 Å². The molecule has 260 valence electrons. The van der Waals surface area contributed by atoms with E-state index in [1.54, 1.807) is 30.3 Å². The average molecular weight is 709 g/mol. The van der Waals surface area contributed by atoms with Crippen LogP contribution in [0.5, 0.6) is 0 Å². The number of rotatable bonds is 11. The van der Waals surface area contributed by atoms with Gasteiger partial charge in [-0.15, -0.1) is 5.10 Å². The first-order valence-corrected chi connectivity index (χ1v) is 16.6. The van der Waals surface area contributed by atoms with E-state index in [2.05, 4.69) is 15.6 Å². The van der Waals surface area contributed by atoms with E-state index in [-0.39, 0.29) is 46.6 Å². The Labute approximate surface area is 298 Å². The van der Waals surface area contributed by atoms with Crippen LogP contribution in [0, 0.1) is 5.82 Å². The molecule has 0 saturated heterocycles. The van der Waals surface area contributed by atoms with E-state index in [0.29, 0.717) is 36.2 Å². The van der Waals surface area contributed by atoms with E-state index in [9.17, 15) is 28.7 Å². The number of nitrogens with one attached hydrogen (secondary N) is 1. The van der Waals surface area contributed by atoms with Crippen LogP contribution in [0.25, 0.3) is 16.8 Å². The van der Waals surface area contributed by atoms with Gasteiger partial charge in [0.25, 0.3) is 11.8 Å². The minimum atomic E-state index is -1.08. The van der Waals surface area contributed by atoms with Crippen LogP contribution >= 0.6 is 11.6 Å². The van der Waals surface area contributed by atoms with Crippen molar-refractivity contribution in [3.05, 3.63) is 135 Å². The molecule has 1 aliphatic heterocycles. The van der Waals surface area contributed by atoms with E-state index in [4.69, 9.17) is 11.6 Å². The molecule has 2 heterocycles. The van der Waals surface area contributed by atoms with Gasteiger partial charge in [-0.25, -0.2) is 13.9 Å². The highest BCUT2D eigenvalue weighted by molar-refractivity contribution is 6.30. The summed E-state index contributed by atoms with van der Waals surface area (Å²) in [7, 11) is 3.87. The number of halogens is 2. The zero-order chi connectivity index (χ0) is 36.2. The first-order valence-electron chi connectivity index (χ1n) is 16.2. The summed E-state index contributed by atoms with van der Waals surface area (Å²) in [6.45, 7) is 1.40. The second-order valence-corrected chi connectivity index (χ2v) is 12.8. The molecule has 0 spiro atoms. The third-order valence-electron chi connectivity index (χ3n) is 8.76. The van der Waals surface area contributed by atoms with Gasteiger partial charge in [0.15, 0.2) is 17.3 Å². The zero-order valence-corrected chi connectivity index (χ0v) is 28.6. The Hall–Kier alpha value is -5.72. The normalized spacial score (nSPS) is 13.9. The zero-order valence-electron chi connectivity index (χ0n) is 27.8. The summed E-state index contributed by atoms with van der Waals surface area (Å²) in [5, 5.41) is 20.1. The molecule has 13 heteroatoms. The van der Waals surface area contributed by atoms with Crippen LogP contribution in [0.4, 0.5) is 4.39 Å². The number of carboxylic acids is 1. The predicted octanol–water partition coefficient (Wildman–Crippen LogP) is 5.27. The molecule has 2 N–H and O–H groups in total. The second kappa shape index (κ2) is 15.0. The molecule has 11 nitrogen and oxygen atoms in total. The summed E-state index contributed by atoms with van der Waals surface area (Å²) in [6.07, 6.45) is 1.64. The van der Waals surface area contributed by atoms with Crippen LogP contribution in [0.2, 0.25) is 5.02 Å². The Bertz CT molecular complexity index is 2120. The van der Waals surface area contributed by atoms with Crippen molar-refractivity contribution in [2.24, 2.45) is 0 Å². The summed E-state index contributed by atoms with van der Waals surface area (Å²) in [4.78, 5) is 55.8. The molecule has 0 bridgehead atoms. The molecule has 1 atom stereocenters. The maximum absolute atomic E-state index is 14.8. The fourth-order valence-electron chi connectivity index (χ4n) is 6.16. The molecule has 0 aliphatic carbocycles. The first-order chi connectivity index (χ1) is 24.5. The molecular formula is C38H34ClFN6O5. The first kappa shape index (κ1) is 35.1. The van der Waals surface area contributed by atoms with Crippen molar-refractivity contribution >= 4 is 35.2 Å². The summed E-state index contributed by atoms with van der Waals surface area (Å²) in [6, 6.07) is 22.2. The summed E-state index contributed by atoms with van der Waals surface area (Å²) < 4.78 is 15.9. The number of hydrogen-bond donors (Lipinski definition) is 2. The average Bonchev–Trinajstić information content (AvgIpc) is 3.62. The molecule has 51 heavy (non-hydrogen) atoms. The molecule has 1 aromatic heterocycles. The van der Waals surface area contributed by atoms with E-state index in [1.165, 1.54) is 35.4 Å². The van der Waals surface area contributed by atoms with Crippen LogP contribution in [-0.4, -0.2) is 87.2 Å². The van der Waals surface area contributed by atoms with Gasteiger partial charge in [0.05, 0.1) is 16.8 Å². The van der Waals surface area contributed by atoms with E-state index in [1.807, 2.05) is 49.3 Å². The topological polar surface area (TPSA) is 138 Å². The number of carbonyl (C=O) groups is 4. The molecule has 4 aromatic carbocycles. The number of aromatic nitrogens is 3. The van der Waals surface area contributed by atoms with Gasteiger partial charge >= 0.3 is 5.97 Å². The highest BCUT2D eigenvalue weighted by atomic mass is 35.5. The number of ketones is 1. The lowest BCUT2D eigenvalue weighted by molar-refractivity contribution is -0.123. The smallest absolute Gasteiger partial charge is 0.335 e. The maximum atomic E-state index is 14.8. The van der Waals surface area contributed by atoms with Gasteiger partial charge in [0, 0.05) is 31.6 Å². The van der Waals surface area contributed by atoms with Crippen LogP contribution in [-0.2, 0) is 17.6 Å². The van der Waals surface area contributed by atoms with Gasteiger partial charge in [-0.05, 0) is 84.7 Å². The van der Waals surface area contributed by atoms with Gasteiger partial charge in [-0.3, -0.25) is 14.4 Å². The Morgan fingerprint density at radius 2 is 1.67 bits per heavy atom. The summed E-state index contributed by atoms with van der Waals surface area (Å²) >= 11 is 5.96. The number of hydrogen-bond acceptors (Lipinski definition) is 7. The highest BCUT2D eigenvalue weighted by Crippen LogP contribution is 2.38. The molecule has 6 rings (SSSR count). The Morgan fingerprint density at radius 3 is 2.37 bits per heavy atom. The van der Waals surface area contributed by atoms with Gasteiger partial charge in [-0.1, -0.05) is 65.3 Å². The molecule has 2 amide bonds. The number of nitrogens with zero attached hydrogens (tertiary/aromatic N) is 5. The third-order valence-corrected chi connectivity index (χ3v) is 9.05. The number of fused-ring (bicyclic) bond motifs is 1. The monoisotopic (exact) mass is 708 g/mol. The van der Waals surface area contributed by atoms with E-state index < -0.39 is 23.7 Å². The van der Waals surface area contributed by atoms with E-state index >= 15 is 0 Å². The van der Waals surface area contributed by atoms with Crippen molar-refractivity contribution in [1.29, 1.82) is 0 Å². The fourth-order valence-corrected chi connectivity index (χ4v) is 6.33. The molecule has 0 radical (unpaired) electrons. The predicted molar refractivity (Wildman–Crippen MR) is 189 cm³/mol. The Kier molecular flexibility index (Phi) is 10.4. The Balaban J connectivity index is 1.33. The standard InChI is InChI=1S/C38H34ClFN6O5/c1-44(2)20-18-41-36(48)25-15-13-24(14-16-25)27-5-3-6-29-28(27)17-19-45(35(29)33(47)21-23-9-11-26(12-10-23)38(50)51)37(49)31-22-46(43-42-31)32-8-4-7-30(39)34(32)40/h3-16,22,35H,17-21H2,1-2H3,(H,41,48)(H,50,51). The highest BCUT2D eigenvalue weighted by Gasteiger charge is 2.38. The molecule has 1 unspecified atom stereocenters. The largest absolute Gasteiger partial charge is 0.478 e. The molecule has 1 aliphatic rings. The fraction of sp³-hybridized carbons (Fsp3) is 0.211. The van der Waals surface area contributed by atoms with Crippen molar-refractivity contribution in [2.45, 2.75) is 18.9 Å². The van der Waals surface area contributed by atoms with Crippen molar-refractivity contribution in [3.8, 4) is 16.8 Å². The molecule has 0 saturated carbocycles.